The molecule has 2 N–H and O–H groups in total. The van der Waals surface area contributed by atoms with Crippen molar-refractivity contribution in [3.05, 3.63) is 0 Å². The van der Waals surface area contributed by atoms with Crippen molar-refractivity contribution in [2.75, 3.05) is 11.0 Å². The van der Waals surface area contributed by atoms with E-state index in [2.05, 4.69) is 5.32 Å². The zero-order chi connectivity index (χ0) is 9.56. The Labute approximate surface area is 84.9 Å². The number of carboxylic acid groups (broad SMARTS) is 1. The second-order valence-electron chi connectivity index (χ2n) is 2.39. The molecular formula is C7H12INO3. The summed E-state index contributed by atoms with van der Waals surface area (Å²) in [7, 11) is 0. The Morgan fingerprint density at radius 3 is 2.50 bits per heavy atom. The van der Waals surface area contributed by atoms with Gasteiger partial charge in [-0.15, -0.1) is 0 Å². The molecule has 0 aromatic heterocycles. The maximum Gasteiger partial charge on any atom is 0.404 e. The summed E-state index contributed by atoms with van der Waals surface area (Å²) in [6.45, 7) is 2.10. The Morgan fingerprint density at radius 2 is 2.17 bits per heavy atom. The monoisotopic (exact) mass is 285 g/mol. The lowest BCUT2D eigenvalue weighted by atomic mass is 10.0. The average molecular weight is 285 g/mol. The first kappa shape index (κ1) is 11.7. The molecule has 0 aliphatic carbocycles. The van der Waals surface area contributed by atoms with E-state index in [0.29, 0.717) is 10.8 Å². The highest BCUT2D eigenvalue weighted by Crippen LogP contribution is 2.04. The van der Waals surface area contributed by atoms with Crippen LogP contribution in [0.4, 0.5) is 4.79 Å². The van der Waals surface area contributed by atoms with Crippen LogP contribution in [0.5, 0.6) is 0 Å². The first-order valence-corrected chi connectivity index (χ1v) is 5.19. The molecule has 0 saturated carbocycles. The maximum absolute atomic E-state index is 11.1. The van der Waals surface area contributed by atoms with Gasteiger partial charge in [0, 0.05) is 12.5 Å². The van der Waals surface area contributed by atoms with Gasteiger partial charge in [-0.25, -0.2) is 4.79 Å². The fourth-order valence-corrected chi connectivity index (χ4v) is 1.43. The molecule has 4 nitrogen and oxygen atoms in total. The summed E-state index contributed by atoms with van der Waals surface area (Å²) in [5.41, 5.74) is 0. The number of rotatable bonds is 5. The smallest absolute Gasteiger partial charge is 0.404 e. The molecule has 70 valence electrons. The number of hydrogen-bond acceptors (Lipinski definition) is 2. The second kappa shape index (κ2) is 6.22. The number of Topliss-reactive ketones (excluding diaryl/α,β-unsaturated/α-hetero) is 1. The van der Waals surface area contributed by atoms with Crippen LogP contribution in [0.15, 0.2) is 0 Å². The van der Waals surface area contributed by atoms with Crippen LogP contribution >= 0.6 is 22.6 Å². The minimum Gasteiger partial charge on any atom is -0.465 e. The normalized spacial score (nSPS) is 12.2. The van der Waals surface area contributed by atoms with Crippen molar-refractivity contribution in [2.24, 2.45) is 5.92 Å². The van der Waals surface area contributed by atoms with Crippen LogP contribution in [0.2, 0.25) is 0 Å². The molecule has 0 spiro atoms. The van der Waals surface area contributed by atoms with Gasteiger partial charge in [0.05, 0.1) is 4.43 Å². The Bertz CT molecular complexity index is 172. The molecule has 0 aliphatic heterocycles. The van der Waals surface area contributed by atoms with Crippen molar-refractivity contribution in [1.82, 2.24) is 5.32 Å². The van der Waals surface area contributed by atoms with Gasteiger partial charge in [0.15, 0.2) is 0 Å². The van der Waals surface area contributed by atoms with Crippen LogP contribution in [0.3, 0.4) is 0 Å². The quantitative estimate of drug-likeness (QED) is 0.591. The molecule has 1 unspecified atom stereocenters. The highest BCUT2D eigenvalue weighted by Gasteiger charge is 2.15. The van der Waals surface area contributed by atoms with Gasteiger partial charge < -0.3 is 10.4 Å². The van der Waals surface area contributed by atoms with Gasteiger partial charge in [0.2, 0.25) is 0 Å². The Hall–Kier alpha value is -0.330. The molecule has 0 aromatic carbocycles. The summed E-state index contributed by atoms with van der Waals surface area (Å²) in [6, 6.07) is 0. The first-order chi connectivity index (χ1) is 5.61. The topological polar surface area (TPSA) is 66.4 Å². The largest absolute Gasteiger partial charge is 0.465 e. The predicted octanol–water partition coefficient (Wildman–Crippen LogP) is 1.28. The number of nitrogens with one attached hydrogen (secondary N) is 1. The van der Waals surface area contributed by atoms with Crippen molar-refractivity contribution < 1.29 is 14.7 Å². The second-order valence-corrected chi connectivity index (χ2v) is 3.15. The van der Waals surface area contributed by atoms with Crippen molar-refractivity contribution in [1.29, 1.82) is 0 Å². The highest BCUT2D eigenvalue weighted by atomic mass is 127. The molecule has 1 amide bonds. The molecule has 12 heavy (non-hydrogen) atoms. The average Bonchev–Trinajstić information content (AvgIpc) is 2.04. The first-order valence-electron chi connectivity index (χ1n) is 3.67. The van der Waals surface area contributed by atoms with Gasteiger partial charge in [0.25, 0.3) is 0 Å². The van der Waals surface area contributed by atoms with Crippen molar-refractivity contribution in [2.45, 2.75) is 13.3 Å². The van der Waals surface area contributed by atoms with E-state index in [9.17, 15) is 9.59 Å². The van der Waals surface area contributed by atoms with E-state index < -0.39 is 6.09 Å². The minimum atomic E-state index is -1.07. The number of hydrogen-bond donors (Lipinski definition) is 2. The lowest BCUT2D eigenvalue weighted by Crippen LogP contribution is -2.32. The number of ketones is 1. The third kappa shape index (κ3) is 4.53. The Kier molecular flexibility index (Phi) is 6.04. The molecule has 5 heteroatoms. The van der Waals surface area contributed by atoms with E-state index >= 15 is 0 Å². The summed E-state index contributed by atoms with van der Waals surface area (Å²) in [6.07, 6.45) is -0.392. The van der Waals surface area contributed by atoms with Gasteiger partial charge in [-0.2, -0.15) is 0 Å². The number of halogens is 1. The molecule has 0 bridgehead atoms. The van der Waals surface area contributed by atoms with Crippen molar-refractivity contribution in [3.63, 3.8) is 0 Å². The van der Waals surface area contributed by atoms with Gasteiger partial charge in [-0.05, 0) is 6.42 Å². The molecular weight excluding hydrogens is 273 g/mol. The van der Waals surface area contributed by atoms with E-state index in [-0.39, 0.29) is 18.2 Å². The lowest BCUT2D eigenvalue weighted by molar-refractivity contribution is -0.119. The van der Waals surface area contributed by atoms with E-state index in [4.69, 9.17) is 5.11 Å². The third-order valence-electron chi connectivity index (χ3n) is 1.58. The molecule has 0 saturated heterocycles. The third-order valence-corrected chi connectivity index (χ3v) is 2.33. The molecule has 0 fully saturated rings. The fraction of sp³-hybridized carbons (Fsp3) is 0.714. The zero-order valence-electron chi connectivity index (χ0n) is 6.84. The molecule has 0 radical (unpaired) electrons. The Morgan fingerprint density at radius 1 is 1.58 bits per heavy atom. The summed E-state index contributed by atoms with van der Waals surface area (Å²) in [5, 5.41) is 10.5. The van der Waals surface area contributed by atoms with Crippen LogP contribution in [0, 0.1) is 5.92 Å². The summed E-state index contributed by atoms with van der Waals surface area (Å²) < 4.78 is 0.442. The molecule has 0 aromatic rings. The summed E-state index contributed by atoms with van der Waals surface area (Å²) in [5.74, 6) is -0.0650. The number of alkyl halides is 1. The van der Waals surface area contributed by atoms with Gasteiger partial charge in [-0.3, -0.25) is 4.79 Å². The molecule has 0 heterocycles. The van der Waals surface area contributed by atoms with Gasteiger partial charge in [-0.1, -0.05) is 29.5 Å². The van der Waals surface area contributed by atoms with Crippen molar-refractivity contribution in [3.8, 4) is 0 Å². The molecule has 0 aliphatic rings. The maximum atomic E-state index is 11.1. The number of carbonyl (C=O) groups is 2. The fourth-order valence-electron chi connectivity index (χ4n) is 0.805. The van der Waals surface area contributed by atoms with Crippen LogP contribution in [0.1, 0.15) is 13.3 Å². The van der Waals surface area contributed by atoms with Crippen molar-refractivity contribution >= 4 is 34.5 Å². The van der Waals surface area contributed by atoms with E-state index in [1.165, 1.54) is 0 Å². The standard InChI is InChI=1S/C7H12INO3/c1-2-5(6(10)3-8)4-9-7(11)12/h5,9H,2-4H2,1H3,(H,11,12). The number of carbonyl (C=O) groups excluding carboxylic acids is 1. The lowest BCUT2D eigenvalue weighted by Gasteiger charge is -2.10. The van der Waals surface area contributed by atoms with E-state index in [1.54, 1.807) is 0 Å². The zero-order valence-corrected chi connectivity index (χ0v) is 9.00. The van der Waals surface area contributed by atoms with Crippen LogP contribution < -0.4 is 5.32 Å². The molecule has 0 rings (SSSR count). The Balaban J connectivity index is 3.83. The van der Waals surface area contributed by atoms with E-state index in [1.807, 2.05) is 29.5 Å². The SMILES string of the molecule is CCC(CNC(=O)O)C(=O)CI. The predicted molar refractivity (Wildman–Crippen MR) is 53.7 cm³/mol. The van der Waals surface area contributed by atoms with Crippen LogP contribution in [-0.4, -0.2) is 28.0 Å². The van der Waals surface area contributed by atoms with E-state index in [0.717, 1.165) is 0 Å². The summed E-state index contributed by atoms with van der Waals surface area (Å²) >= 11 is 1.98. The molecule has 1 atom stereocenters. The van der Waals surface area contributed by atoms with Crippen LogP contribution in [0.25, 0.3) is 0 Å². The number of amides is 1. The summed E-state index contributed by atoms with van der Waals surface area (Å²) in [4.78, 5) is 21.2. The van der Waals surface area contributed by atoms with Crippen LogP contribution in [-0.2, 0) is 4.79 Å². The van der Waals surface area contributed by atoms with Gasteiger partial charge >= 0.3 is 6.09 Å². The van der Waals surface area contributed by atoms with Gasteiger partial charge in [0.1, 0.15) is 5.78 Å². The highest BCUT2D eigenvalue weighted by molar-refractivity contribution is 14.1. The minimum absolute atomic E-state index is 0.104.